The summed E-state index contributed by atoms with van der Waals surface area (Å²) in [4.78, 5) is 57.5. The van der Waals surface area contributed by atoms with E-state index in [1.165, 1.54) is 21.1 Å². The molecule has 3 heterocycles. The van der Waals surface area contributed by atoms with Gasteiger partial charge in [0.1, 0.15) is 24.0 Å². The van der Waals surface area contributed by atoms with Gasteiger partial charge in [0.05, 0.1) is 30.5 Å². The minimum Gasteiger partial charge on any atom is -0.456 e. The van der Waals surface area contributed by atoms with Gasteiger partial charge in [0.15, 0.2) is 0 Å². The molecule has 0 spiro atoms. The Labute approximate surface area is 338 Å². The van der Waals surface area contributed by atoms with E-state index < -0.39 is 83.9 Å². The van der Waals surface area contributed by atoms with Crippen molar-refractivity contribution in [3.8, 4) is 0 Å². The molecule has 1 saturated carbocycles. The molecule has 3 aliphatic heterocycles. The van der Waals surface area contributed by atoms with Crippen LogP contribution in [-0.4, -0.2) is 121 Å². The van der Waals surface area contributed by atoms with Crippen LogP contribution in [0.1, 0.15) is 105 Å². The van der Waals surface area contributed by atoms with E-state index in [1.54, 1.807) is 27.0 Å². The molecule has 0 aromatic rings. The SMILES string of the molecule is C=CCC1C=C(C)CC(C)CC(OC)C2OC(F)(C(=O)C(=O)N3CCCCC3C(=O)OC(C(C)=CC3CCC(O)C(OC)C3)C(C)C(O)CC1=O)C(C)CC2OC. The van der Waals surface area contributed by atoms with E-state index in [0.29, 0.717) is 56.9 Å². The number of aliphatic hydroxyl groups is 2. The number of carbonyl (C=O) groups excluding carboxylic acids is 4. The number of alkyl halides is 1. The van der Waals surface area contributed by atoms with Gasteiger partial charge in [0.25, 0.3) is 17.5 Å². The molecule has 14 unspecified atom stereocenters. The molecule has 2 bridgehead atoms. The molecule has 1 amide bonds. The lowest BCUT2D eigenvalue weighted by Gasteiger charge is -2.45. The normalized spacial score (nSPS) is 40.1. The van der Waals surface area contributed by atoms with Gasteiger partial charge in [-0.15, -0.1) is 6.58 Å². The molecule has 3 fully saturated rings. The van der Waals surface area contributed by atoms with Crippen LogP contribution in [0.5, 0.6) is 0 Å². The van der Waals surface area contributed by atoms with E-state index in [4.69, 9.17) is 23.7 Å². The minimum atomic E-state index is -3.01. The summed E-state index contributed by atoms with van der Waals surface area (Å²) in [6, 6.07) is -1.20. The van der Waals surface area contributed by atoms with Crippen LogP contribution < -0.4 is 0 Å². The maximum atomic E-state index is 17.2. The van der Waals surface area contributed by atoms with Crippen molar-refractivity contribution < 1.29 is 57.5 Å². The Kier molecular flexibility index (Phi) is 17.2. The smallest absolute Gasteiger partial charge is 0.329 e. The lowest BCUT2D eigenvalue weighted by Crippen LogP contribution is -2.62. The van der Waals surface area contributed by atoms with E-state index in [9.17, 15) is 29.4 Å². The summed E-state index contributed by atoms with van der Waals surface area (Å²) in [5.74, 6) is -8.98. The molecule has 57 heavy (non-hydrogen) atoms. The van der Waals surface area contributed by atoms with Gasteiger partial charge < -0.3 is 38.8 Å². The van der Waals surface area contributed by atoms with Crippen molar-refractivity contribution in [3.05, 3.63) is 36.0 Å². The number of methoxy groups -OCH3 is 3. The molecule has 0 aromatic carbocycles. The summed E-state index contributed by atoms with van der Waals surface area (Å²) in [5.41, 5.74) is 1.56. The molecule has 4 rings (SSSR count). The van der Waals surface area contributed by atoms with Gasteiger partial charge >= 0.3 is 5.97 Å². The Morgan fingerprint density at radius 1 is 0.947 bits per heavy atom. The van der Waals surface area contributed by atoms with Crippen molar-refractivity contribution in [1.82, 2.24) is 4.90 Å². The van der Waals surface area contributed by atoms with Crippen molar-refractivity contribution in [2.24, 2.45) is 29.6 Å². The van der Waals surface area contributed by atoms with Crippen molar-refractivity contribution >= 4 is 23.4 Å². The van der Waals surface area contributed by atoms with Crippen LogP contribution in [0.4, 0.5) is 4.39 Å². The van der Waals surface area contributed by atoms with Crippen LogP contribution in [-0.2, 0) is 42.9 Å². The highest BCUT2D eigenvalue weighted by Gasteiger charge is 2.58. The van der Waals surface area contributed by atoms with Gasteiger partial charge in [-0.25, -0.2) is 9.18 Å². The largest absolute Gasteiger partial charge is 0.456 e. The fraction of sp³-hybridized carbons (Fsp3) is 0.773. The Morgan fingerprint density at radius 3 is 2.26 bits per heavy atom. The molecule has 13 heteroatoms. The number of piperidine rings is 1. The Morgan fingerprint density at radius 2 is 1.61 bits per heavy atom. The number of rotatable bonds is 7. The zero-order valence-electron chi connectivity index (χ0n) is 35.3. The number of cyclic esters (lactones) is 1. The third kappa shape index (κ3) is 11.3. The number of ketones is 2. The Hall–Kier alpha value is -2.81. The zero-order valence-corrected chi connectivity index (χ0v) is 35.3. The van der Waals surface area contributed by atoms with Crippen LogP contribution in [0.25, 0.3) is 0 Å². The summed E-state index contributed by atoms with van der Waals surface area (Å²) >= 11 is 0. The van der Waals surface area contributed by atoms with E-state index in [1.807, 2.05) is 26.0 Å². The number of aliphatic hydroxyl groups excluding tert-OH is 2. The highest BCUT2D eigenvalue weighted by atomic mass is 19.2. The summed E-state index contributed by atoms with van der Waals surface area (Å²) in [6.45, 7) is 12.9. The maximum Gasteiger partial charge on any atom is 0.329 e. The van der Waals surface area contributed by atoms with Crippen molar-refractivity contribution in [3.63, 3.8) is 0 Å². The number of nitrogens with zero attached hydrogens (tertiary/aromatic N) is 1. The summed E-state index contributed by atoms with van der Waals surface area (Å²) in [5, 5.41) is 22.1. The first-order chi connectivity index (χ1) is 27.0. The number of allylic oxidation sites excluding steroid dienone is 4. The number of carbonyl (C=O) groups is 4. The highest BCUT2D eigenvalue weighted by Crippen LogP contribution is 2.41. The number of halogens is 1. The lowest BCUT2D eigenvalue weighted by molar-refractivity contribution is -0.274. The van der Waals surface area contributed by atoms with Gasteiger partial charge in [-0.3, -0.25) is 14.4 Å². The first-order valence-corrected chi connectivity index (χ1v) is 20.9. The first kappa shape index (κ1) is 46.9. The summed E-state index contributed by atoms with van der Waals surface area (Å²) in [6.07, 6.45) is 4.15. The third-order valence-corrected chi connectivity index (χ3v) is 12.8. The highest BCUT2D eigenvalue weighted by molar-refractivity contribution is 6.39. The second kappa shape index (κ2) is 20.9. The van der Waals surface area contributed by atoms with Crippen LogP contribution in [0.2, 0.25) is 0 Å². The van der Waals surface area contributed by atoms with E-state index >= 15 is 4.39 Å². The van der Waals surface area contributed by atoms with Crippen LogP contribution in [0, 0.1) is 29.6 Å². The van der Waals surface area contributed by atoms with E-state index in [-0.39, 0.29) is 49.5 Å². The quantitative estimate of drug-likeness (QED) is 0.187. The molecule has 12 nitrogen and oxygen atoms in total. The number of amides is 1. The molecule has 322 valence electrons. The number of Topliss-reactive ketones (excluding diaryl/α,β-unsaturated/α-hetero) is 2. The minimum absolute atomic E-state index is 0.0245. The van der Waals surface area contributed by atoms with Gasteiger partial charge in [0.2, 0.25) is 0 Å². The fourth-order valence-corrected chi connectivity index (χ4v) is 9.40. The molecule has 2 saturated heterocycles. The number of fused-ring (bicyclic) bond motifs is 3. The maximum absolute atomic E-state index is 17.2. The lowest BCUT2D eigenvalue weighted by atomic mass is 9.81. The molecule has 14 atom stereocenters. The summed E-state index contributed by atoms with van der Waals surface area (Å²) in [7, 11) is 4.52. The van der Waals surface area contributed by atoms with Crippen LogP contribution in [0.15, 0.2) is 36.0 Å². The molecule has 2 N–H and O–H groups in total. The average molecular weight is 806 g/mol. The molecular weight excluding hydrogens is 737 g/mol. The Balaban J connectivity index is 1.78. The second-order valence-electron chi connectivity index (χ2n) is 17.2. The van der Waals surface area contributed by atoms with Crippen LogP contribution >= 0.6 is 0 Å². The van der Waals surface area contributed by atoms with Gasteiger partial charge in [-0.2, -0.15) is 0 Å². The second-order valence-corrected chi connectivity index (χ2v) is 17.2. The predicted octanol–water partition coefficient (Wildman–Crippen LogP) is 5.62. The standard InChI is InChI=1S/C44H68FNO11/c1-10-13-31-19-25(2)18-26(3)20-37(54-8)40-38(55-9)22-28(5)44(45,57-40)41(50)42(51)46-17-12-11-14-32(46)43(52)56-39(29(6)34(48)24-35(31)49)27(4)21-30-15-16-33(47)36(23-30)53-7/h10,19,21,26,28-34,36-40,47-48H,1,11-18,20,22-24H2,2-9H3. The fourth-order valence-electron chi connectivity index (χ4n) is 9.40. The summed E-state index contributed by atoms with van der Waals surface area (Å²) < 4.78 is 46.6. The van der Waals surface area contributed by atoms with Crippen molar-refractivity contribution in [1.29, 1.82) is 0 Å². The number of hydrogen-bond donors (Lipinski definition) is 2. The molecule has 0 aromatic heterocycles. The van der Waals surface area contributed by atoms with Gasteiger partial charge in [-0.05, 0) is 95.5 Å². The topological polar surface area (TPSA) is 158 Å². The number of ether oxygens (including phenoxy) is 5. The molecule has 0 radical (unpaired) electrons. The molecular formula is C44H68FNO11. The molecule has 4 aliphatic rings. The molecule has 1 aliphatic carbocycles. The van der Waals surface area contributed by atoms with E-state index in [0.717, 1.165) is 10.5 Å². The van der Waals surface area contributed by atoms with E-state index in [2.05, 4.69) is 6.58 Å². The number of hydrogen-bond acceptors (Lipinski definition) is 11. The van der Waals surface area contributed by atoms with Crippen molar-refractivity contribution in [2.45, 2.75) is 160 Å². The van der Waals surface area contributed by atoms with Crippen molar-refractivity contribution in [2.75, 3.05) is 27.9 Å². The predicted molar refractivity (Wildman–Crippen MR) is 211 cm³/mol. The average Bonchev–Trinajstić information content (AvgIpc) is 3.18. The van der Waals surface area contributed by atoms with Crippen LogP contribution in [0.3, 0.4) is 0 Å². The van der Waals surface area contributed by atoms with Gasteiger partial charge in [0, 0.05) is 52.0 Å². The third-order valence-electron chi connectivity index (χ3n) is 12.8. The monoisotopic (exact) mass is 805 g/mol. The van der Waals surface area contributed by atoms with Gasteiger partial charge in [-0.1, -0.05) is 44.6 Å². The first-order valence-electron chi connectivity index (χ1n) is 20.9. The zero-order chi connectivity index (χ0) is 42.2. The Bertz CT molecular complexity index is 1480. The number of esters is 1.